The van der Waals surface area contributed by atoms with Gasteiger partial charge in [-0.2, -0.15) is 0 Å². The third-order valence-electron chi connectivity index (χ3n) is 4.60. The first kappa shape index (κ1) is 20.1. The molecule has 0 unspecified atom stereocenters. The Labute approximate surface area is 177 Å². The lowest BCUT2D eigenvalue weighted by Crippen LogP contribution is -2.19. The fourth-order valence-corrected chi connectivity index (χ4v) is 3.06. The predicted molar refractivity (Wildman–Crippen MR) is 111 cm³/mol. The van der Waals surface area contributed by atoms with Crippen LogP contribution in [0.5, 0.6) is 5.75 Å². The fourth-order valence-electron chi connectivity index (χ4n) is 3.06. The highest BCUT2D eigenvalue weighted by atomic mass is 16.5. The fraction of sp³-hybridized carbons (Fsp3) is 0.182. The lowest BCUT2D eigenvalue weighted by atomic mass is 10.0. The van der Waals surface area contributed by atoms with Crippen molar-refractivity contribution >= 4 is 11.4 Å². The third-order valence-corrected chi connectivity index (χ3v) is 4.60. The quantitative estimate of drug-likeness (QED) is 0.486. The van der Waals surface area contributed by atoms with Crippen LogP contribution in [0.4, 0.5) is 0 Å². The topological polar surface area (TPSA) is 129 Å². The molecule has 3 N–H and O–H groups in total. The molecular formula is C22H19N5O4. The zero-order valence-electron chi connectivity index (χ0n) is 17.1. The monoisotopic (exact) mass is 417 g/mol. The maximum absolute atomic E-state index is 11.9. The summed E-state index contributed by atoms with van der Waals surface area (Å²) in [6.45, 7) is 3.11. The van der Waals surface area contributed by atoms with Gasteiger partial charge in [-0.1, -0.05) is 24.0 Å². The number of imidazole rings is 1. The summed E-state index contributed by atoms with van der Waals surface area (Å²) < 4.78 is 12.2. The van der Waals surface area contributed by atoms with E-state index in [-0.39, 0.29) is 11.7 Å². The smallest absolute Gasteiger partial charge is 0.285 e. The maximum atomic E-state index is 11.9. The number of amides is 1. The average molecular weight is 417 g/mol. The Morgan fingerprint density at radius 2 is 2.10 bits per heavy atom. The van der Waals surface area contributed by atoms with Gasteiger partial charge in [-0.05, 0) is 25.1 Å². The third kappa shape index (κ3) is 3.84. The first-order valence-electron chi connectivity index (χ1n) is 9.31. The van der Waals surface area contributed by atoms with E-state index in [0.29, 0.717) is 28.4 Å². The summed E-state index contributed by atoms with van der Waals surface area (Å²) in [6.07, 6.45) is 1.68. The number of aliphatic hydroxyl groups is 1. The minimum atomic E-state index is -1.61. The average Bonchev–Trinajstić information content (AvgIpc) is 3.36. The van der Waals surface area contributed by atoms with Gasteiger partial charge in [-0.25, -0.2) is 4.98 Å². The zero-order valence-corrected chi connectivity index (χ0v) is 17.1. The first-order valence-corrected chi connectivity index (χ1v) is 9.31. The minimum Gasteiger partial charge on any atom is -0.497 e. The van der Waals surface area contributed by atoms with E-state index >= 15 is 0 Å². The molecule has 3 heterocycles. The number of primary amides is 1. The van der Waals surface area contributed by atoms with E-state index in [4.69, 9.17) is 14.9 Å². The van der Waals surface area contributed by atoms with E-state index in [2.05, 4.69) is 27.0 Å². The van der Waals surface area contributed by atoms with Crippen molar-refractivity contribution in [2.24, 2.45) is 5.73 Å². The van der Waals surface area contributed by atoms with Crippen LogP contribution in [0.3, 0.4) is 0 Å². The molecule has 4 aromatic rings. The highest BCUT2D eigenvalue weighted by molar-refractivity contribution is 5.93. The summed E-state index contributed by atoms with van der Waals surface area (Å²) in [5.74, 6) is 6.12. The molecule has 1 atom stereocenters. The van der Waals surface area contributed by atoms with Gasteiger partial charge in [0.05, 0.1) is 18.3 Å². The molecule has 0 saturated carbocycles. The van der Waals surface area contributed by atoms with Crippen LogP contribution in [-0.2, 0) is 5.60 Å². The Bertz CT molecular complexity index is 1360. The second-order valence-corrected chi connectivity index (χ2v) is 7.00. The second kappa shape index (κ2) is 7.59. The molecular weight excluding hydrogens is 398 g/mol. The van der Waals surface area contributed by atoms with E-state index in [0.717, 1.165) is 5.56 Å². The highest BCUT2D eigenvalue weighted by Gasteiger charge is 2.27. The number of methoxy groups -OCH3 is 1. The van der Waals surface area contributed by atoms with Crippen molar-refractivity contribution in [2.45, 2.75) is 19.4 Å². The molecule has 9 nitrogen and oxygen atoms in total. The summed E-state index contributed by atoms with van der Waals surface area (Å²) >= 11 is 0. The van der Waals surface area contributed by atoms with Crippen LogP contribution in [0, 0.1) is 18.8 Å². The molecule has 9 heteroatoms. The molecule has 0 spiro atoms. The van der Waals surface area contributed by atoms with E-state index in [1.54, 1.807) is 55.0 Å². The number of aryl methyl sites for hydroxylation is 1. The van der Waals surface area contributed by atoms with Gasteiger partial charge in [0.2, 0.25) is 17.3 Å². The van der Waals surface area contributed by atoms with E-state index in [1.807, 2.05) is 6.07 Å². The molecule has 1 aromatic carbocycles. The van der Waals surface area contributed by atoms with Gasteiger partial charge in [0.15, 0.2) is 0 Å². The standard InChI is InChI=1S/C22H19N5O4/c1-13-25-26-21(31-13)22(2,29)9-7-14-5-4-6-15(11-14)18-17-12-16(30-3)8-10-27(17)20(24-18)19(23)28/h4-6,8,10-12,29H,1-3H3,(H2,23,28)/t22-/m1/s1. The van der Waals surface area contributed by atoms with Gasteiger partial charge in [0.25, 0.3) is 11.8 Å². The number of ether oxygens (including phenoxy) is 1. The van der Waals surface area contributed by atoms with Crippen molar-refractivity contribution < 1.29 is 19.1 Å². The van der Waals surface area contributed by atoms with Crippen LogP contribution in [0.2, 0.25) is 0 Å². The van der Waals surface area contributed by atoms with Gasteiger partial charge < -0.3 is 20.0 Å². The Hall–Kier alpha value is -4.16. The van der Waals surface area contributed by atoms with Gasteiger partial charge >= 0.3 is 0 Å². The van der Waals surface area contributed by atoms with Crippen LogP contribution < -0.4 is 10.5 Å². The molecule has 3 aromatic heterocycles. The van der Waals surface area contributed by atoms with Crippen LogP contribution >= 0.6 is 0 Å². The van der Waals surface area contributed by atoms with Crippen molar-refractivity contribution in [1.29, 1.82) is 0 Å². The van der Waals surface area contributed by atoms with E-state index in [1.165, 1.54) is 6.92 Å². The number of carbonyl (C=O) groups is 1. The van der Waals surface area contributed by atoms with E-state index in [9.17, 15) is 9.90 Å². The Morgan fingerprint density at radius 3 is 2.77 bits per heavy atom. The number of rotatable bonds is 4. The van der Waals surface area contributed by atoms with Crippen LogP contribution in [0.25, 0.3) is 16.8 Å². The number of pyridine rings is 1. The zero-order chi connectivity index (χ0) is 22.2. The number of aromatic nitrogens is 4. The summed E-state index contributed by atoms with van der Waals surface area (Å²) in [7, 11) is 1.56. The van der Waals surface area contributed by atoms with Crippen LogP contribution in [-0.4, -0.2) is 37.7 Å². The second-order valence-electron chi connectivity index (χ2n) is 7.00. The van der Waals surface area contributed by atoms with Crippen molar-refractivity contribution in [3.8, 4) is 28.8 Å². The summed E-state index contributed by atoms with van der Waals surface area (Å²) in [4.78, 5) is 16.3. The predicted octanol–water partition coefficient (Wildman–Crippen LogP) is 2.06. The van der Waals surface area contributed by atoms with Crippen molar-refractivity contribution in [2.75, 3.05) is 7.11 Å². The molecule has 31 heavy (non-hydrogen) atoms. The van der Waals surface area contributed by atoms with E-state index < -0.39 is 11.5 Å². The van der Waals surface area contributed by atoms with Gasteiger partial charge in [0.1, 0.15) is 5.75 Å². The Balaban J connectivity index is 1.78. The van der Waals surface area contributed by atoms with Gasteiger partial charge in [-0.15, -0.1) is 10.2 Å². The molecule has 0 saturated heterocycles. The number of nitrogens with zero attached hydrogens (tertiary/aromatic N) is 4. The number of fused-ring (bicyclic) bond motifs is 1. The molecule has 0 bridgehead atoms. The number of nitrogens with two attached hydrogens (primary N) is 1. The Kier molecular flexibility index (Phi) is 4.93. The highest BCUT2D eigenvalue weighted by Crippen LogP contribution is 2.28. The van der Waals surface area contributed by atoms with Crippen LogP contribution in [0.15, 0.2) is 47.0 Å². The van der Waals surface area contributed by atoms with Crippen LogP contribution in [0.1, 0.15) is 34.9 Å². The molecule has 4 rings (SSSR count). The molecule has 0 aliphatic rings. The number of benzene rings is 1. The Morgan fingerprint density at radius 1 is 1.29 bits per heavy atom. The van der Waals surface area contributed by atoms with Crippen molar-refractivity contribution in [3.05, 3.63) is 65.8 Å². The number of hydrogen-bond acceptors (Lipinski definition) is 7. The maximum Gasteiger partial charge on any atom is 0.285 e. The normalized spacial score (nSPS) is 12.8. The first-order chi connectivity index (χ1) is 14.8. The molecule has 0 fully saturated rings. The lowest BCUT2D eigenvalue weighted by molar-refractivity contribution is 0.0881. The van der Waals surface area contributed by atoms with Crippen molar-refractivity contribution in [1.82, 2.24) is 19.6 Å². The SMILES string of the molecule is COc1ccn2c(C(N)=O)nc(-c3cccc(C#C[C@@](C)(O)c4nnc(C)o4)c3)c2c1. The lowest BCUT2D eigenvalue weighted by Gasteiger charge is -2.09. The molecule has 0 radical (unpaired) electrons. The molecule has 0 aliphatic heterocycles. The van der Waals surface area contributed by atoms with Crippen molar-refractivity contribution in [3.63, 3.8) is 0 Å². The molecule has 156 valence electrons. The summed E-state index contributed by atoms with van der Waals surface area (Å²) in [5.41, 5.74) is 6.45. The largest absolute Gasteiger partial charge is 0.497 e. The molecule has 0 aliphatic carbocycles. The number of carbonyl (C=O) groups excluding carboxylic acids is 1. The number of hydrogen-bond donors (Lipinski definition) is 2. The van der Waals surface area contributed by atoms with Gasteiger partial charge in [0, 0.05) is 30.3 Å². The summed E-state index contributed by atoms with van der Waals surface area (Å²) in [5, 5.41) is 18.1. The minimum absolute atomic E-state index is 0.0203. The van der Waals surface area contributed by atoms with Gasteiger partial charge in [-0.3, -0.25) is 9.20 Å². The summed E-state index contributed by atoms with van der Waals surface area (Å²) in [6, 6.07) is 10.7. The molecule has 1 amide bonds.